The van der Waals surface area contributed by atoms with Gasteiger partial charge in [0.15, 0.2) is 5.75 Å². The van der Waals surface area contributed by atoms with Gasteiger partial charge in [-0.05, 0) is 66.4 Å². The lowest BCUT2D eigenvalue weighted by Gasteiger charge is -2.36. The molecule has 0 unspecified atom stereocenters. The van der Waals surface area contributed by atoms with Crippen LogP contribution in [0.15, 0.2) is 42.5 Å². The molecule has 0 aliphatic rings. The van der Waals surface area contributed by atoms with Crippen LogP contribution in [0.3, 0.4) is 0 Å². The highest BCUT2D eigenvalue weighted by Crippen LogP contribution is 2.40. The van der Waals surface area contributed by atoms with E-state index in [1.54, 1.807) is 19.2 Å². The van der Waals surface area contributed by atoms with E-state index < -0.39 is 8.32 Å². The monoisotopic (exact) mass is 358 g/mol. The molecule has 0 amide bonds. The molecule has 0 bridgehead atoms. The fraction of sp³-hybridized carbons (Fsp3) is 0.429. The molecule has 0 spiro atoms. The number of hydrogen-bond acceptors (Lipinski definition) is 3. The molecule has 3 nitrogen and oxygen atoms in total. The molecule has 2 rings (SSSR count). The SMILES string of the molecule is COc1cc(CCc2ccc(O)cc2)ccc1O[Si](C)(C)C(C)(C)C. The van der Waals surface area contributed by atoms with Crippen LogP contribution in [0.2, 0.25) is 18.1 Å². The summed E-state index contributed by atoms with van der Waals surface area (Å²) in [6.45, 7) is 11.2. The summed E-state index contributed by atoms with van der Waals surface area (Å²) in [5.41, 5.74) is 2.42. The molecule has 136 valence electrons. The van der Waals surface area contributed by atoms with Gasteiger partial charge in [0.2, 0.25) is 0 Å². The van der Waals surface area contributed by atoms with Gasteiger partial charge in [-0.15, -0.1) is 0 Å². The molecule has 1 N–H and O–H groups in total. The van der Waals surface area contributed by atoms with Crippen LogP contribution in [0, 0.1) is 0 Å². The Kier molecular flexibility index (Phi) is 5.83. The van der Waals surface area contributed by atoms with Gasteiger partial charge in [-0.25, -0.2) is 0 Å². The van der Waals surface area contributed by atoms with Crippen LogP contribution in [-0.4, -0.2) is 20.5 Å². The van der Waals surface area contributed by atoms with Gasteiger partial charge in [0.25, 0.3) is 8.32 Å². The van der Waals surface area contributed by atoms with Crippen molar-refractivity contribution in [1.82, 2.24) is 0 Å². The predicted octanol–water partition coefficient (Wildman–Crippen LogP) is 5.57. The van der Waals surface area contributed by atoms with E-state index >= 15 is 0 Å². The predicted molar refractivity (Wildman–Crippen MR) is 106 cm³/mol. The maximum Gasteiger partial charge on any atom is 0.250 e. The molecule has 25 heavy (non-hydrogen) atoms. The summed E-state index contributed by atoms with van der Waals surface area (Å²) in [5.74, 6) is 1.94. The van der Waals surface area contributed by atoms with Crippen molar-refractivity contribution in [2.75, 3.05) is 7.11 Å². The van der Waals surface area contributed by atoms with E-state index in [9.17, 15) is 5.11 Å². The highest BCUT2D eigenvalue weighted by Gasteiger charge is 2.39. The Bertz CT molecular complexity index is 700. The zero-order valence-electron chi connectivity index (χ0n) is 16.2. The fourth-order valence-electron chi connectivity index (χ4n) is 2.33. The Labute approximate surface area is 152 Å². The van der Waals surface area contributed by atoms with Gasteiger partial charge in [-0.3, -0.25) is 0 Å². The zero-order chi connectivity index (χ0) is 18.7. The molecule has 0 radical (unpaired) electrons. The van der Waals surface area contributed by atoms with Gasteiger partial charge in [-0.2, -0.15) is 0 Å². The normalized spacial score (nSPS) is 12.1. The van der Waals surface area contributed by atoms with E-state index in [0.29, 0.717) is 5.75 Å². The van der Waals surface area contributed by atoms with Crippen molar-refractivity contribution in [2.45, 2.75) is 51.7 Å². The van der Waals surface area contributed by atoms with Crippen molar-refractivity contribution in [3.63, 3.8) is 0 Å². The Balaban J connectivity index is 2.12. The minimum Gasteiger partial charge on any atom is -0.541 e. The number of methoxy groups -OCH3 is 1. The maximum absolute atomic E-state index is 9.36. The number of phenolic OH excluding ortho intramolecular Hbond substituents is 1. The van der Waals surface area contributed by atoms with Crippen LogP contribution in [0.4, 0.5) is 0 Å². The van der Waals surface area contributed by atoms with E-state index in [0.717, 1.165) is 24.3 Å². The molecule has 0 aromatic heterocycles. The number of aromatic hydroxyl groups is 1. The number of phenols is 1. The third-order valence-corrected chi connectivity index (χ3v) is 9.38. The summed E-state index contributed by atoms with van der Waals surface area (Å²) in [6, 6.07) is 13.6. The van der Waals surface area contributed by atoms with Crippen LogP contribution in [0.1, 0.15) is 31.9 Å². The molecule has 2 aromatic carbocycles. The first-order valence-corrected chi connectivity index (χ1v) is 11.7. The molecule has 0 aliphatic carbocycles. The first kappa shape index (κ1) is 19.4. The second-order valence-corrected chi connectivity index (χ2v) is 12.7. The lowest BCUT2D eigenvalue weighted by molar-refractivity contribution is 0.385. The molecular weight excluding hydrogens is 328 g/mol. The van der Waals surface area contributed by atoms with Gasteiger partial charge in [0, 0.05) is 0 Å². The lowest BCUT2D eigenvalue weighted by Crippen LogP contribution is -2.43. The molecule has 0 saturated carbocycles. The Morgan fingerprint density at radius 3 is 2.00 bits per heavy atom. The average Bonchev–Trinajstić information content (AvgIpc) is 2.54. The summed E-state index contributed by atoms with van der Waals surface area (Å²) >= 11 is 0. The van der Waals surface area contributed by atoms with Crippen LogP contribution in [0.25, 0.3) is 0 Å². The van der Waals surface area contributed by atoms with Crippen molar-refractivity contribution < 1.29 is 14.3 Å². The smallest absolute Gasteiger partial charge is 0.250 e. The standard InChI is InChI=1S/C21H30O3Si/c1-21(2,3)25(5,6)24-19-14-11-17(15-20(19)23-4)8-7-16-9-12-18(22)13-10-16/h9-15,22H,7-8H2,1-6H3. The van der Waals surface area contributed by atoms with Crippen LogP contribution in [0.5, 0.6) is 17.2 Å². The molecule has 0 fully saturated rings. The summed E-state index contributed by atoms with van der Waals surface area (Å²) in [4.78, 5) is 0. The van der Waals surface area contributed by atoms with Crippen molar-refractivity contribution in [3.8, 4) is 17.2 Å². The summed E-state index contributed by atoms with van der Waals surface area (Å²) in [5, 5.41) is 9.51. The Morgan fingerprint density at radius 2 is 1.44 bits per heavy atom. The number of aryl methyl sites for hydroxylation is 2. The van der Waals surface area contributed by atoms with E-state index in [4.69, 9.17) is 9.16 Å². The van der Waals surface area contributed by atoms with Gasteiger partial charge in [0.1, 0.15) is 11.5 Å². The van der Waals surface area contributed by atoms with E-state index in [-0.39, 0.29) is 5.04 Å². The largest absolute Gasteiger partial charge is 0.541 e. The van der Waals surface area contributed by atoms with Crippen molar-refractivity contribution in [3.05, 3.63) is 53.6 Å². The summed E-state index contributed by atoms with van der Waals surface area (Å²) in [7, 11) is -0.199. The van der Waals surface area contributed by atoms with E-state index in [1.807, 2.05) is 18.2 Å². The van der Waals surface area contributed by atoms with Gasteiger partial charge < -0.3 is 14.3 Å². The first-order chi connectivity index (χ1) is 11.6. The minimum absolute atomic E-state index is 0.148. The number of benzene rings is 2. The fourth-order valence-corrected chi connectivity index (χ4v) is 3.36. The van der Waals surface area contributed by atoms with Crippen molar-refractivity contribution in [2.24, 2.45) is 0 Å². The first-order valence-electron chi connectivity index (χ1n) is 8.76. The third-order valence-electron chi connectivity index (χ3n) is 5.04. The van der Waals surface area contributed by atoms with E-state index in [1.165, 1.54) is 11.1 Å². The minimum atomic E-state index is -1.89. The molecule has 0 aliphatic heterocycles. The summed E-state index contributed by atoms with van der Waals surface area (Å²) in [6.07, 6.45) is 1.84. The molecular formula is C21H30O3Si. The van der Waals surface area contributed by atoms with Gasteiger partial charge >= 0.3 is 0 Å². The lowest BCUT2D eigenvalue weighted by atomic mass is 10.0. The van der Waals surface area contributed by atoms with Gasteiger partial charge in [-0.1, -0.05) is 39.0 Å². The second kappa shape index (κ2) is 7.52. The number of ether oxygens (including phenoxy) is 1. The maximum atomic E-state index is 9.36. The molecule has 0 heterocycles. The van der Waals surface area contributed by atoms with Gasteiger partial charge in [0.05, 0.1) is 7.11 Å². The molecule has 0 atom stereocenters. The third kappa shape index (κ3) is 5.02. The van der Waals surface area contributed by atoms with E-state index in [2.05, 4.69) is 46.0 Å². The number of rotatable bonds is 6. The zero-order valence-corrected chi connectivity index (χ0v) is 17.2. The molecule has 0 saturated heterocycles. The quantitative estimate of drug-likeness (QED) is 0.686. The number of hydrogen-bond donors (Lipinski definition) is 1. The van der Waals surface area contributed by atoms with Crippen molar-refractivity contribution >= 4 is 8.32 Å². The topological polar surface area (TPSA) is 38.7 Å². The van der Waals surface area contributed by atoms with Crippen molar-refractivity contribution in [1.29, 1.82) is 0 Å². The molecule has 4 heteroatoms. The Hall–Kier alpha value is -1.94. The average molecular weight is 359 g/mol. The van der Waals surface area contributed by atoms with Crippen LogP contribution >= 0.6 is 0 Å². The van der Waals surface area contributed by atoms with Crippen LogP contribution < -0.4 is 9.16 Å². The summed E-state index contributed by atoms with van der Waals surface area (Å²) < 4.78 is 12.0. The van der Waals surface area contributed by atoms with Crippen LogP contribution in [-0.2, 0) is 12.8 Å². The highest BCUT2D eigenvalue weighted by molar-refractivity contribution is 6.74. The second-order valence-electron chi connectivity index (χ2n) is 8.01. The Morgan fingerprint density at radius 1 is 0.880 bits per heavy atom. The molecule has 2 aromatic rings. The highest BCUT2D eigenvalue weighted by atomic mass is 28.4.